The van der Waals surface area contributed by atoms with Crippen molar-refractivity contribution in [2.45, 2.75) is 39.2 Å². The van der Waals surface area contributed by atoms with E-state index in [-0.39, 0.29) is 0 Å². The second kappa shape index (κ2) is 2.92. The monoisotopic (exact) mass is 164 g/mol. The van der Waals surface area contributed by atoms with E-state index in [1.165, 1.54) is 18.5 Å². The number of rotatable bonds is 2. The van der Waals surface area contributed by atoms with Crippen molar-refractivity contribution in [3.63, 3.8) is 0 Å². The molecule has 2 rings (SSSR count). The van der Waals surface area contributed by atoms with Crippen LogP contribution in [0, 0.1) is 5.92 Å². The quantitative estimate of drug-likeness (QED) is 0.656. The number of aromatic nitrogens is 2. The van der Waals surface area contributed by atoms with Gasteiger partial charge in [-0.25, -0.2) is 0 Å². The summed E-state index contributed by atoms with van der Waals surface area (Å²) in [6, 6.07) is 2.17. The summed E-state index contributed by atoms with van der Waals surface area (Å²) in [7, 11) is 0. The molecule has 1 aromatic heterocycles. The summed E-state index contributed by atoms with van der Waals surface area (Å²) < 4.78 is 2.15. The summed E-state index contributed by atoms with van der Waals surface area (Å²) in [6.07, 6.45) is 4.52. The molecule has 2 nitrogen and oxygen atoms in total. The van der Waals surface area contributed by atoms with E-state index in [2.05, 4.69) is 29.7 Å². The Kier molecular flexibility index (Phi) is 1.91. The van der Waals surface area contributed by atoms with Gasteiger partial charge in [0.05, 0.1) is 0 Å². The first-order valence-corrected chi connectivity index (χ1v) is 4.79. The number of hydrogen-bond acceptors (Lipinski definition) is 1. The van der Waals surface area contributed by atoms with Crippen molar-refractivity contribution >= 4 is 0 Å². The number of aryl methyl sites for hydroxylation is 1. The lowest BCUT2D eigenvalue weighted by molar-refractivity contribution is 0.495. The van der Waals surface area contributed by atoms with E-state index in [0.717, 1.165) is 18.4 Å². The molecule has 2 heterocycles. The molecule has 0 amide bonds. The number of hydrogen-bond donors (Lipinski definition) is 0. The highest BCUT2D eigenvalue weighted by atomic mass is 15.3. The van der Waals surface area contributed by atoms with E-state index in [4.69, 9.17) is 0 Å². The highest BCUT2D eigenvalue weighted by Gasteiger charge is 2.23. The van der Waals surface area contributed by atoms with Gasteiger partial charge in [0.2, 0.25) is 0 Å². The fourth-order valence-corrected chi connectivity index (χ4v) is 2.11. The van der Waals surface area contributed by atoms with Crippen LogP contribution in [0.2, 0.25) is 0 Å². The highest BCUT2D eigenvalue weighted by Crippen LogP contribution is 2.32. The van der Waals surface area contributed by atoms with Crippen molar-refractivity contribution in [2.24, 2.45) is 5.92 Å². The van der Waals surface area contributed by atoms with Gasteiger partial charge < -0.3 is 0 Å². The molecule has 1 atom stereocenters. The van der Waals surface area contributed by atoms with Crippen LogP contribution in [0.3, 0.4) is 0 Å². The van der Waals surface area contributed by atoms with Crippen molar-refractivity contribution in [3.8, 4) is 0 Å². The molecule has 0 aliphatic carbocycles. The third-order valence-electron chi connectivity index (χ3n) is 2.61. The SMILES string of the molecule is CC(C)CC1CCn2nccc21. The average Bonchev–Trinajstić information content (AvgIpc) is 2.52. The Hall–Kier alpha value is -0.790. The predicted octanol–water partition coefficient (Wildman–Crippen LogP) is 2.42. The topological polar surface area (TPSA) is 17.8 Å². The summed E-state index contributed by atoms with van der Waals surface area (Å²) in [6.45, 7) is 5.71. The molecule has 0 spiro atoms. The fraction of sp³-hybridized carbons (Fsp3) is 0.700. The Bertz CT molecular complexity index is 263. The summed E-state index contributed by atoms with van der Waals surface area (Å²) in [5.41, 5.74) is 1.45. The summed E-state index contributed by atoms with van der Waals surface area (Å²) in [4.78, 5) is 0. The first-order chi connectivity index (χ1) is 5.77. The maximum atomic E-state index is 4.27. The van der Waals surface area contributed by atoms with Crippen molar-refractivity contribution in [1.82, 2.24) is 9.78 Å². The zero-order valence-electron chi connectivity index (χ0n) is 7.83. The summed E-state index contributed by atoms with van der Waals surface area (Å²) in [5.74, 6) is 1.57. The van der Waals surface area contributed by atoms with Gasteiger partial charge in [-0.1, -0.05) is 13.8 Å². The molecular formula is C10H16N2. The van der Waals surface area contributed by atoms with Crippen LogP contribution in [0.25, 0.3) is 0 Å². The maximum absolute atomic E-state index is 4.27. The predicted molar refractivity (Wildman–Crippen MR) is 49.0 cm³/mol. The lowest BCUT2D eigenvalue weighted by Crippen LogP contribution is -1.98. The molecule has 0 radical (unpaired) electrons. The molecule has 66 valence electrons. The van der Waals surface area contributed by atoms with Crippen molar-refractivity contribution in [1.29, 1.82) is 0 Å². The van der Waals surface area contributed by atoms with Gasteiger partial charge in [-0.15, -0.1) is 0 Å². The third kappa shape index (κ3) is 1.26. The smallest absolute Gasteiger partial charge is 0.0492 e. The molecule has 0 aromatic carbocycles. The van der Waals surface area contributed by atoms with Gasteiger partial charge in [0, 0.05) is 24.4 Å². The van der Waals surface area contributed by atoms with Crippen LogP contribution < -0.4 is 0 Å². The van der Waals surface area contributed by atoms with E-state index in [1.807, 2.05) is 6.20 Å². The first kappa shape index (κ1) is 7.84. The van der Waals surface area contributed by atoms with Gasteiger partial charge in [-0.3, -0.25) is 4.68 Å². The Morgan fingerprint density at radius 3 is 3.25 bits per heavy atom. The first-order valence-electron chi connectivity index (χ1n) is 4.79. The Balaban J connectivity index is 2.12. The molecule has 0 fully saturated rings. The van der Waals surface area contributed by atoms with Crippen LogP contribution in [-0.2, 0) is 6.54 Å². The molecule has 0 N–H and O–H groups in total. The second-order valence-electron chi connectivity index (χ2n) is 4.09. The van der Waals surface area contributed by atoms with E-state index in [9.17, 15) is 0 Å². The molecule has 1 aromatic rings. The van der Waals surface area contributed by atoms with Gasteiger partial charge in [0.15, 0.2) is 0 Å². The molecule has 1 aliphatic heterocycles. The molecular weight excluding hydrogens is 148 g/mol. The van der Waals surface area contributed by atoms with Gasteiger partial charge in [-0.05, 0) is 24.8 Å². The zero-order valence-corrected chi connectivity index (χ0v) is 7.83. The van der Waals surface area contributed by atoms with E-state index < -0.39 is 0 Å². The lowest BCUT2D eigenvalue weighted by atomic mass is 9.94. The van der Waals surface area contributed by atoms with E-state index in [1.54, 1.807) is 0 Å². The van der Waals surface area contributed by atoms with Crippen LogP contribution in [0.5, 0.6) is 0 Å². The van der Waals surface area contributed by atoms with Crippen molar-refractivity contribution in [3.05, 3.63) is 18.0 Å². The Morgan fingerprint density at radius 2 is 2.50 bits per heavy atom. The van der Waals surface area contributed by atoms with Crippen LogP contribution in [0.1, 0.15) is 38.3 Å². The largest absolute Gasteiger partial charge is 0.269 e. The minimum atomic E-state index is 0.771. The fourth-order valence-electron chi connectivity index (χ4n) is 2.11. The Labute approximate surface area is 73.6 Å². The normalized spacial score (nSPS) is 21.8. The molecule has 0 bridgehead atoms. The van der Waals surface area contributed by atoms with E-state index in [0.29, 0.717) is 0 Å². The third-order valence-corrected chi connectivity index (χ3v) is 2.61. The molecule has 1 unspecified atom stereocenters. The zero-order chi connectivity index (χ0) is 8.55. The molecule has 2 heteroatoms. The Morgan fingerprint density at radius 1 is 1.67 bits per heavy atom. The minimum Gasteiger partial charge on any atom is -0.269 e. The van der Waals surface area contributed by atoms with Gasteiger partial charge in [0.1, 0.15) is 0 Å². The standard InChI is InChI=1S/C10H16N2/c1-8(2)7-9-4-6-12-10(9)3-5-11-12/h3,5,8-9H,4,6-7H2,1-2H3. The lowest BCUT2D eigenvalue weighted by Gasteiger charge is -2.10. The second-order valence-corrected chi connectivity index (χ2v) is 4.09. The van der Waals surface area contributed by atoms with Crippen molar-refractivity contribution in [2.75, 3.05) is 0 Å². The molecule has 1 aliphatic rings. The number of nitrogens with zero attached hydrogens (tertiary/aromatic N) is 2. The maximum Gasteiger partial charge on any atom is 0.0492 e. The molecule has 12 heavy (non-hydrogen) atoms. The van der Waals surface area contributed by atoms with Crippen LogP contribution in [0.4, 0.5) is 0 Å². The van der Waals surface area contributed by atoms with E-state index >= 15 is 0 Å². The van der Waals surface area contributed by atoms with Gasteiger partial charge >= 0.3 is 0 Å². The highest BCUT2D eigenvalue weighted by molar-refractivity contribution is 5.11. The van der Waals surface area contributed by atoms with Gasteiger partial charge in [-0.2, -0.15) is 5.10 Å². The number of fused-ring (bicyclic) bond motifs is 1. The summed E-state index contributed by atoms with van der Waals surface area (Å²) in [5, 5.41) is 4.27. The molecule has 0 saturated heterocycles. The van der Waals surface area contributed by atoms with Crippen LogP contribution >= 0.6 is 0 Å². The molecule has 0 saturated carbocycles. The van der Waals surface area contributed by atoms with Crippen LogP contribution in [-0.4, -0.2) is 9.78 Å². The van der Waals surface area contributed by atoms with Crippen molar-refractivity contribution < 1.29 is 0 Å². The minimum absolute atomic E-state index is 0.771. The van der Waals surface area contributed by atoms with Gasteiger partial charge in [0.25, 0.3) is 0 Å². The summed E-state index contributed by atoms with van der Waals surface area (Å²) >= 11 is 0. The van der Waals surface area contributed by atoms with Crippen LogP contribution in [0.15, 0.2) is 12.3 Å². The average molecular weight is 164 g/mol.